The Hall–Kier alpha value is -2.89. The molecule has 1 aliphatic rings. The number of rotatable bonds is 5. The maximum absolute atomic E-state index is 12.9. The average molecular weight is 365 g/mol. The van der Waals surface area contributed by atoms with Gasteiger partial charge < -0.3 is 9.30 Å². The molecule has 3 aromatic rings. The predicted octanol–water partition coefficient (Wildman–Crippen LogP) is 3.38. The minimum Gasteiger partial charge on any atom is -0.462 e. The van der Waals surface area contributed by atoms with E-state index in [-0.39, 0.29) is 12.2 Å². The van der Waals surface area contributed by atoms with E-state index in [9.17, 15) is 9.59 Å². The quantitative estimate of drug-likeness (QED) is 0.650. The monoisotopic (exact) mass is 365 g/mol. The number of benzene rings is 1. The van der Waals surface area contributed by atoms with Gasteiger partial charge in [0, 0.05) is 24.7 Å². The summed E-state index contributed by atoms with van der Waals surface area (Å²) in [6.07, 6.45) is 6.19. The summed E-state index contributed by atoms with van der Waals surface area (Å²) < 4.78 is 8.35. The van der Waals surface area contributed by atoms with Gasteiger partial charge in [-0.05, 0) is 25.3 Å². The molecule has 0 spiro atoms. The van der Waals surface area contributed by atoms with Crippen LogP contribution in [0, 0.1) is 0 Å². The summed E-state index contributed by atoms with van der Waals surface area (Å²) in [5.74, 6) is -0.218. The molecular weight excluding hydrogens is 342 g/mol. The summed E-state index contributed by atoms with van der Waals surface area (Å²) in [6, 6.07) is 11.9. The molecular formula is C21H23N3O3. The van der Waals surface area contributed by atoms with Crippen LogP contribution in [0.4, 0.5) is 0 Å². The summed E-state index contributed by atoms with van der Waals surface area (Å²) in [6.45, 7) is 2.50. The predicted molar refractivity (Wildman–Crippen MR) is 102 cm³/mol. The molecule has 4 rings (SSSR count). The number of hydrogen-bond donors (Lipinski definition) is 0. The molecule has 0 radical (unpaired) electrons. The van der Waals surface area contributed by atoms with E-state index in [2.05, 4.69) is 5.10 Å². The van der Waals surface area contributed by atoms with Gasteiger partial charge in [-0.15, -0.1) is 0 Å². The first-order valence-electron chi connectivity index (χ1n) is 9.51. The van der Waals surface area contributed by atoms with Crippen LogP contribution in [0.3, 0.4) is 0 Å². The minimum atomic E-state index is -0.607. The van der Waals surface area contributed by atoms with E-state index >= 15 is 0 Å². The normalized spacial score (nSPS) is 14.7. The molecule has 0 atom stereocenters. The molecule has 2 aromatic heterocycles. The molecule has 0 amide bonds. The number of ether oxygens (including phenoxy) is 1. The van der Waals surface area contributed by atoms with Crippen LogP contribution in [0.1, 0.15) is 60.1 Å². The van der Waals surface area contributed by atoms with Crippen molar-refractivity contribution in [3.63, 3.8) is 0 Å². The number of carbonyl (C=O) groups is 1. The van der Waals surface area contributed by atoms with Gasteiger partial charge in [0.1, 0.15) is 11.2 Å². The molecule has 0 unspecified atom stereocenters. The van der Waals surface area contributed by atoms with E-state index in [1.807, 2.05) is 41.0 Å². The molecule has 2 heterocycles. The SMILES string of the molecule is CCOC(=O)c1cn(Cc2ccccc2)c2cc(C3CCCC3)nn2c1=O. The van der Waals surface area contributed by atoms with Crippen LogP contribution in [0.5, 0.6) is 0 Å². The van der Waals surface area contributed by atoms with Gasteiger partial charge in [-0.2, -0.15) is 9.61 Å². The first-order valence-corrected chi connectivity index (χ1v) is 9.51. The third-order valence-electron chi connectivity index (χ3n) is 5.18. The second-order valence-corrected chi connectivity index (χ2v) is 7.00. The molecule has 6 heteroatoms. The van der Waals surface area contributed by atoms with Gasteiger partial charge in [0.2, 0.25) is 0 Å². The number of hydrogen-bond acceptors (Lipinski definition) is 4. The fourth-order valence-corrected chi connectivity index (χ4v) is 3.81. The van der Waals surface area contributed by atoms with Gasteiger partial charge >= 0.3 is 5.97 Å². The minimum absolute atomic E-state index is 0.0151. The first kappa shape index (κ1) is 17.5. The molecule has 27 heavy (non-hydrogen) atoms. The Morgan fingerprint density at radius 2 is 1.96 bits per heavy atom. The van der Waals surface area contributed by atoms with Crippen molar-refractivity contribution in [3.8, 4) is 0 Å². The molecule has 1 aromatic carbocycles. The summed E-state index contributed by atoms with van der Waals surface area (Å²) in [4.78, 5) is 25.2. The Bertz CT molecular complexity index is 1010. The smallest absolute Gasteiger partial charge is 0.345 e. The van der Waals surface area contributed by atoms with Crippen molar-refractivity contribution in [2.24, 2.45) is 0 Å². The maximum atomic E-state index is 12.9. The molecule has 0 bridgehead atoms. The van der Waals surface area contributed by atoms with Crippen molar-refractivity contribution < 1.29 is 9.53 Å². The molecule has 0 saturated heterocycles. The molecule has 0 aliphatic heterocycles. The van der Waals surface area contributed by atoms with Crippen molar-refractivity contribution in [2.45, 2.75) is 45.1 Å². The Morgan fingerprint density at radius 3 is 2.67 bits per heavy atom. The second-order valence-electron chi connectivity index (χ2n) is 7.00. The number of fused-ring (bicyclic) bond motifs is 1. The van der Waals surface area contributed by atoms with E-state index < -0.39 is 11.5 Å². The highest BCUT2D eigenvalue weighted by atomic mass is 16.5. The highest BCUT2D eigenvalue weighted by Crippen LogP contribution is 2.33. The first-order chi connectivity index (χ1) is 13.2. The van der Waals surface area contributed by atoms with Crippen LogP contribution >= 0.6 is 0 Å². The van der Waals surface area contributed by atoms with E-state index in [0.717, 1.165) is 24.1 Å². The molecule has 6 nitrogen and oxygen atoms in total. The van der Waals surface area contributed by atoms with Crippen LogP contribution < -0.4 is 5.56 Å². The Kier molecular flexibility index (Phi) is 4.79. The van der Waals surface area contributed by atoms with Gasteiger partial charge in [-0.3, -0.25) is 4.79 Å². The van der Waals surface area contributed by atoms with Crippen molar-refractivity contribution in [2.75, 3.05) is 6.61 Å². The van der Waals surface area contributed by atoms with Gasteiger partial charge in [0.15, 0.2) is 0 Å². The third-order valence-corrected chi connectivity index (χ3v) is 5.18. The summed E-state index contributed by atoms with van der Waals surface area (Å²) in [5.41, 5.74) is 2.33. The molecule has 1 aliphatic carbocycles. The Balaban J connectivity index is 1.85. The number of nitrogens with zero attached hydrogens (tertiary/aromatic N) is 3. The topological polar surface area (TPSA) is 65.6 Å². The standard InChI is InChI=1S/C21H23N3O3/c1-2-27-21(26)17-14-23(13-15-8-4-3-5-9-15)19-12-18(16-10-6-7-11-16)22-24(19)20(17)25/h3-5,8-9,12,14,16H,2,6-7,10-11,13H2,1H3. The lowest BCUT2D eigenvalue weighted by molar-refractivity contribution is 0.0523. The molecule has 1 fully saturated rings. The summed E-state index contributed by atoms with van der Waals surface area (Å²) >= 11 is 0. The van der Waals surface area contributed by atoms with Crippen molar-refractivity contribution in [1.82, 2.24) is 14.2 Å². The largest absolute Gasteiger partial charge is 0.462 e. The lowest BCUT2D eigenvalue weighted by Gasteiger charge is -2.11. The average Bonchev–Trinajstić information content (AvgIpc) is 3.34. The lowest BCUT2D eigenvalue weighted by atomic mass is 10.0. The molecule has 0 N–H and O–H groups in total. The van der Waals surface area contributed by atoms with E-state index in [4.69, 9.17) is 4.74 Å². The summed E-state index contributed by atoms with van der Waals surface area (Å²) in [7, 11) is 0. The zero-order valence-electron chi connectivity index (χ0n) is 15.4. The van der Waals surface area contributed by atoms with E-state index in [1.54, 1.807) is 13.1 Å². The fourth-order valence-electron chi connectivity index (χ4n) is 3.81. The Labute approximate surface area is 157 Å². The van der Waals surface area contributed by atoms with Crippen LogP contribution in [0.2, 0.25) is 0 Å². The highest BCUT2D eigenvalue weighted by Gasteiger charge is 2.23. The molecule has 140 valence electrons. The fraction of sp³-hybridized carbons (Fsp3) is 0.381. The highest BCUT2D eigenvalue weighted by molar-refractivity contribution is 5.88. The number of esters is 1. The lowest BCUT2D eigenvalue weighted by Crippen LogP contribution is -2.27. The molecule has 1 saturated carbocycles. The van der Waals surface area contributed by atoms with Crippen molar-refractivity contribution in [3.05, 3.63) is 69.8 Å². The van der Waals surface area contributed by atoms with Gasteiger partial charge in [-0.1, -0.05) is 43.2 Å². The third kappa shape index (κ3) is 3.39. The zero-order chi connectivity index (χ0) is 18.8. The van der Waals surface area contributed by atoms with Crippen LogP contribution in [-0.4, -0.2) is 26.8 Å². The van der Waals surface area contributed by atoms with Crippen LogP contribution in [0.15, 0.2) is 47.4 Å². The van der Waals surface area contributed by atoms with Gasteiger partial charge in [0.05, 0.1) is 12.3 Å². The number of carbonyl (C=O) groups excluding carboxylic acids is 1. The van der Waals surface area contributed by atoms with E-state index in [0.29, 0.717) is 18.1 Å². The van der Waals surface area contributed by atoms with E-state index in [1.165, 1.54) is 17.4 Å². The van der Waals surface area contributed by atoms with Crippen LogP contribution in [-0.2, 0) is 11.3 Å². The van der Waals surface area contributed by atoms with Gasteiger partial charge in [0.25, 0.3) is 5.56 Å². The summed E-state index contributed by atoms with van der Waals surface area (Å²) in [5, 5.41) is 4.58. The van der Waals surface area contributed by atoms with Crippen LogP contribution in [0.25, 0.3) is 5.65 Å². The zero-order valence-corrected chi connectivity index (χ0v) is 15.4. The Morgan fingerprint density at radius 1 is 1.22 bits per heavy atom. The van der Waals surface area contributed by atoms with Crippen molar-refractivity contribution in [1.29, 1.82) is 0 Å². The maximum Gasteiger partial charge on any atom is 0.345 e. The second kappa shape index (κ2) is 7.39. The van der Waals surface area contributed by atoms with Crippen molar-refractivity contribution >= 4 is 11.6 Å². The number of aromatic nitrogens is 3. The van der Waals surface area contributed by atoms with Gasteiger partial charge in [-0.25, -0.2) is 4.79 Å².